The van der Waals surface area contributed by atoms with Crippen molar-refractivity contribution in [2.45, 2.75) is 13.2 Å². The van der Waals surface area contributed by atoms with Crippen molar-refractivity contribution < 1.29 is 134 Å². The molecular formula is C33H37F6KNO12P. The van der Waals surface area contributed by atoms with Gasteiger partial charge in [0.2, 0.25) is 0 Å². The van der Waals surface area contributed by atoms with Gasteiger partial charge in [0.1, 0.15) is 51.0 Å². The molecule has 0 fully saturated rings. The third-order valence-electron chi connectivity index (χ3n) is 6.61. The Morgan fingerprint density at radius 1 is 0.444 bits per heavy atom. The first-order valence-corrected chi connectivity index (χ1v) is 18.1. The second-order valence-corrected chi connectivity index (χ2v) is 12.8. The second kappa shape index (κ2) is 20.9. The standard InChI is InChI=1S/C33H37NO12.F6P.K/c35-32-26-2-1-3-27(34-26)33(36)46-23-25-5-7-29-31(21-25)44-19-15-40-11-9-37-12-16-41-28-6-4-24(22-45-32)20-30(28)43-18-14-39-10-8-38-13-17-42-29;1-7(2,3,4,5)6;/h1-7,20-21H,8-19,22-23H2;;/q;-1;+1. The van der Waals surface area contributed by atoms with E-state index in [1.54, 1.807) is 36.4 Å². The Morgan fingerprint density at radius 3 is 1.11 bits per heavy atom. The first-order valence-electron chi connectivity index (χ1n) is 16.1. The molecule has 6 heterocycles. The van der Waals surface area contributed by atoms with E-state index >= 15 is 0 Å². The van der Waals surface area contributed by atoms with Gasteiger partial charge in [-0.3, -0.25) is 0 Å². The fourth-order valence-corrected chi connectivity index (χ4v) is 4.34. The second-order valence-electron chi connectivity index (χ2n) is 10.9. The minimum Gasteiger partial charge on any atom is -0.487 e. The summed E-state index contributed by atoms with van der Waals surface area (Å²) in [5, 5.41) is 0. The molecule has 5 aliphatic heterocycles. The van der Waals surface area contributed by atoms with Crippen molar-refractivity contribution in [1.29, 1.82) is 0 Å². The Labute approximate surface area is 348 Å². The van der Waals surface area contributed by atoms with Crippen LogP contribution in [0.4, 0.5) is 25.2 Å². The average Bonchev–Trinajstić information content (AvgIpc) is 3.10. The van der Waals surface area contributed by atoms with E-state index in [-0.39, 0.29) is 102 Å². The summed E-state index contributed by atoms with van der Waals surface area (Å²) in [6, 6.07) is 14.9. The van der Waals surface area contributed by atoms with Gasteiger partial charge in [0, 0.05) is 0 Å². The number of hydrogen-bond acceptors (Lipinski definition) is 13. The quantitative estimate of drug-likeness (QED) is 0.141. The van der Waals surface area contributed by atoms with Crippen LogP contribution in [0.25, 0.3) is 0 Å². The summed E-state index contributed by atoms with van der Waals surface area (Å²) in [6.45, 7) is 3.76. The minimum absolute atomic E-state index is 0. The Kier molecular flexibility index (Phi) is 17.7. The number of esters is 2. The molecule has 0 saturated heterocycles. The molecule has 0 radical (unpaired) electrons. The van der Waals surface area contributed by atoms with E-state index in [2.05, 4.69) is 4.98 Å². The predicted molar refractivity (Wildman–Crippen MR) is 174 cm³/mol. The average molecular weight is 824 g/mol. The van der Waals surface area contributed by atoms with Crippen molar-refractivity contribution in [2.24, 2.45) is 0 Å². The molecule has 0 N–H and O–H groups in total. The molecule has 0 aliphatic carbocycles. The Bertz CT molecular complexity index is 1560. The van der Waals surface area contributed by atoms with Crippen LogP contribution in [-0.2, 0) is 41.6 Å². The summed E-state index contributed by atoms with van der Waals surface area (Å²) < 4.78 is 117. The maximum Gasteiger partial charge on any atom is 1.00 e. The topological polar surface area (TPSA) is 139 Å². The number of rotatable bonds is 0. The molecule has 3 aromatic rings. The van der Waals surface area contributed by atoms with E-state index in [0.29, 0.717) is 87.0 Å². The molecular weight excluding hydrogens is 786 g/mol. The summed E-state index contributed by atoms with van der Waals surface area (Å²) in [7, 11) is -10.7. The molecule has 5 aliphatic rings. The van der Waals surface area contributed by atoms with Gasteiger partial charge < -0.3 is 47.4 Å². The third-order valence-corrected chi connectivity index (χ3v) is 6.61. The minimum atomic E-state index is -10.7. The van der Waals surface area contributed by atoms with Crippen LogP contribution < -0.4 is 70.3 Å². The van der Waals surface area contributed by atoms with Crippen LogP contribution in [-0.4, -0.2) is 96.2 Å². The summed E-state index contributed by atoms with van der Waals surface area (Å²) in [5.74, 6) is 0.522. The molecule has 0 spiro atoms. The van der Waals surface area contributed by atoms with Crippen molar-refractivity contribution in [2.75, 3.05) is 79.3 Å². The van der Waals surface area contributed by atoms with Crippen molar-refractivity contribution >= 4 is 19.7 Å². The zero-order valence-electron chi connectivity index (χ0n) is 29.2. The van der Waals surface area contributed by atoms with Crippen molar-refractivity contribution in [3.05, 3.63) is 77.1 Å². The first-order chi connectivity index (χ1) is 25.1. The van der Waals surface area contributed by atoms with Gasteiger partial charge in [-0.05, 0) is 47.5 Å². The number of ether oxygens (including phenoxy) is 10. The van der Waals surface area contributed by atoms with Gasteiger partial charge in [0.25, 0.3) is 0 Å². The Morgan fingerprint density at radius 2 is 0.759 bits per heavy atom. The number of aromatic nitrogens is 1. The SMILES string of the molecule is F[P-](F)(F)(F)(F)F.O=C1OCc2ccc3c(c2)OCCOCCOCCOc2ccc(cc2OCCOCCOCCO3)COC(=O)c2cccc1n2.[K+]. The molecule has 21 heteroatoms. The van der Waals surface area contributed by atoms with Gasteiger partial charge in [-0.25, -0.2) is 14.6 Å². The van der Waals surface area contributed by atoms with Gasteiger partial charge in [-0.2, -0.15) is 0 Å². The molecule has 0 atom stereocenters. The van der Waals surface area contributed by atoms with Gasteiger partial charge >= 0.3 is 96.3 Å². The van der Waals surface area contributed by atoms with E-state index < -0.39 is 19.7 Å². The van der Waals surface area contributed by atoms with E-state index in [4.69, 9.17) is 47.4 Å². The number of nitrogens with zero attached hydrogens (tertiary/aromatic N) is 1. The summed E-state index contributed by atoms with van der Waals surface area (Å²) in [4.78, 5) is 29.9. The smallest absolute Gasteiger partial charge is 0.487 e. The molecule has 13 nitrogen and oxygen atoms in total. The van der Waals surface area contributed by atoms with Gasteiger partial charge in [-0.1, -0.05) is 18.2 Å². The number of benzene rings is 2. The zero-order valence-corrected chi connectivity index (χ0v) is 33.2. The maximum absolute atomic E-state index is 12.8. The number of carbonyl (C=O) groups is 2. The first kappa shape index (κ1) is 45.6. The van der Waals surface area contributed by atoms with E-state index in [1.165, 1.54) is 18.2 Å². The third kappa shape index (κ3) is 19.2. The molecule has 54 heavy (non-hydrogen) atoms. The monoisotopic (exact) mass is 823 g/mol. The zero-order chi connectivity index (χ0) is 38.2. The molecule has 2 aromatic carbocycles. The van der Waals surface area contributed by atoms with Crippen LogP contribution in [0, 0.1) is 0 Å². The fourth-order valence-electron chi connectivity index (χ4n) is 4.34. The van der Waals surface area contributed by atoms with E-state index in [0.717, 1.165) is 0 Å². The Balaban J connectivity index is 0.000000893. The number of carbonyl (C=O) groups excluding carboxylic acids is 2. The molecule has 8 bridgehead atoms. The number of hydrogen-bond donors (Lipinski definition) is 0. The van der Waals surface area contributed by atoms with Gasteiger partial charge in [0.15, 0.2) is 23.0 Å². The predicted octanol–water partition coefficient (Wildman–Crippen LogP) is 3.79. The molecule has 294 valence electrons. The Hall–Kier alpha value is -2.78. The number of pyridine rings is 1. The fraction of sp³-hybridized carbons (Fsp3) is 0.424. The van der Waals surface area contributed by atoms with Crippen LogP contribution in [0.3, 0.4) is 0 Å². The van der Waals surface area contributed by atoms with Crippen molar-refractivity contribution in [1.82, 2.24) is 4.98 Å². The molecule has 0 saturated carbocycles. The normalized spacial score (nSPS) is 18.3. The van der Waals surface area contributed by atoms with E-state index in [1.807, 2.05) is 0 Å². The van der Waals surface area contributed by atoms with Crippen LogP contribution in [0.2, 0.25) is 0 Å². The van der Waals surface area contributed by atoms with Gasteiger partial charge in [-0.15, -0.1) is 0 Å². The van der Waals surface area contributed by atoms with Crippen LogP contribution in [0.15, 0.2) is 54.6 Å². The summed E-state index contributed by atoms with van der Waals surface area (Å²) in [6.07, 6.45) is 0. The maximum atomic E-state index is 12.8. The van der Waals surface area contributed by atoms with E-state index in [9.17, 15) is 34.8 Å². The number of halogens is 6. The van der Waals surface area contributed by atoms with Crippen LogP contribution >= 0.6 is 7.81 Å². The molecule has 0 amide bonds. The molecule has 0 unspecified atom stereocenters. The van der Waals surface area contributed by atoms with Crippen LogP contribution in [0.1, 0.15) is 32.1 Å². The van der Waals surface area contributed by atoms with Gasteiger partial charge in [0.05, 0.1) is 52.9 Å². The summed E-state index contributed by atoms with van der Waals surface area (Å²) >= 11 is 0. The molecule has 8 rings (SSSR count). The molecule has 1 aromatic heterocycles. The largest absolute Gasteiger partial charge is 1.00 e. The summed E-state index contributed by atoms with van der Waals surface area (Å²) in [5.41, 5.74) is 1.26. The van der Waals surface area contributed by atoms with Crippen molar-refractivity contribution in [3.8, 4) is 23.0 Å². The number of fused-ring (bicyclic) bond motifs is 2. The van der Waals surface area contributed by atoms with Crippen LogP contribution in [0.5, 0.6) is 23.0 Å². The van der Waals surface area contributed by atoms with Crippen molar-refractivity contribution in [3.63, 3.8) is 0 Å².